The van der Waals surface area contributed by atoms with E-state index in [0.29, 0.717) is 12.5 Å². The van der Waals surface area contributed by atoms with Crippen LogP contribution in [0.25, 0.3) is 11.0 Å². The van der Waals surface area contributed by atoms with Crippen LogP contribution in [0.1, 0.15) is 30.1 Å². The zero-order chi connectivity index (χ0) is 11.1. The van der Waals surface area contributed by atoms with Gasteiger partial charge in [0.2, 0.25) is 0 Å². The lowest BCUT2D eigenvalue weighted by Crippen LogP contribution is -2.12. The van der Waals surface area contributed by atoms with Crippen LogP contribution in [-0.2, 0) is 6.54 Å². The third-order valence-corrected chi connectivity index (χ3v) is 3.23. The van der Waals surface area contributed by atoms with Crippen LogP contribution in [0.15, 0.2) is 18.2 Å². The van der Waals surface area contributed by atoms with E-state index in [0.717, 1.165) is 12.1 Å². The highest BCUT2D eigenvalue weighted by molar-refractivity contribution is 5.77. The van der Waals surface area contributed by atoms with Crippen molar-refractivity contribution < 1.29 is 0 Å². The second-order valence-corrected chi connectivity index (χ2v) is 4.68. The lowest BCUT2D eigenvalue weighted by Gasteiger charge is -2.06. The van der Waals surface area contributed by atoms with Gasteiger partial charge in [-0.15, -0.1) is 0 Å². The number of nitrogens with two attached hydrogens (primary N) is 1. The summed E-state index contributed by atoms with van der Waals surface area (Å²) in [5.74, 6) is 1.92. The molecule has 0 atom stereocenters. The first-order valence-corrected chi connectivity index (χ1v) is 5.96. The van der Waals surface area contributed by atoms with Gasteiger partial charge < -0.3 is 10.3 Å². The number of aromatic nitrogens is 2. The Bertz CT molecular complexity index is 523. The van der Waals surface area contributed by atoms with Gasteiger partial charge >= 0.3 is 0 Å². The highest BCUT2D eigenvalue weighted by atomic mass is 15.1. The average Bonchev–Trinajstić information content (AvgIpc) is 3.05. The first kappa shape index (κ1) is 9.85. The van der Waals surface area contributed by atoms with Crippen molar-refractivity contribution in [2.75, 3.05) is 6.54 Å². The molecule has 0 saturated heterocycles. The molecule has 16 heavy (non-hydrogen) atoms. The van der Waals surface area contributed by atoms with E-state index < -0.39 is 0 Å². The van der Waals surface area contributed by atoms with Crippen LogP contribution < -0.4 is 5.73 Å². The number of rotatable bonds is 3. The molecule has 1 saturated carbocycles. The molecule has 1 aliphatic carbocycles. The number of aryl methyl sites for hydroxylation is 1. The van der Waals surface area contributed by atoms with Crippen molar-refractivity contribution in [3.8, 4) is 0 Å². The monoisotopic (exact) mass is 215 g/mol. The molecule has 1 aromatic heterocycles. The molecule has 3 rings (SSSR count). The lowest BCUT2D eigenvalue weighted by molar-refractivity contribution is 0.680. The molecule has 0 bridgehead atoms. The van der Waals surface area contributed by atoms with Crippen molar-refractivity contribution in [1.82, 2.24) is 9.55 Å². The summed E-state index contributed by atoms with van der Waals surface area (Å²) in [6.07, 6.45) is 2.57. The number of benzene rings is 1. The molecule has 0 amide bonds. The van der Waals surface area contributed by atoms with Gasteiger partial charge in [0.15, 0.2) is 0 Å². The maximum Gasteiger partial charge on any atom is 0.113 e. The Labute approximate surface area is 95.3 Å². The highest BCUT2D eigenvalue weighted by Crippen LogP contribution is 2.40. The summed E-state index contributed by atoms with van der Waals surface area (Å²) in [6.45, 7) is 3.68. The van der Waals surface area contributed by atoms with Crippen molar-refractivity contribution in [1.29, 1.82) is 0 Å². The van der Waals surface area contributed by atoms with Crippen LogP contribution in [0.4, 0.5) is 0 Å². The van der Waals surface area contributed by atoms with E-state index in [2.05, 4.69) is 29.7 Å². The van der Waals surface area contributed by atoms with Crippen LogP contribution in [0.3, 0.4) is 0 Å². The molecule has 0 radical (unpaired) electrons. The molecule has 2 aromatic rings. The van der Waals surface area contributed by atoms with Crippen LogP contribution in [-0.4, -0.2) is 16.1 Å². The molecule has 0 unspecified atom stereocenters. The quantitative estimate of drug-likeness (QED) is 0.852. The molecule has 1 aromatic carbocycles. The molecule has 84 valence electrons. The van der Waals surface area contributed by atoms with Gasteiger partial charge in [0, 0.05) is 19.0 Å². The van der Waals surface area contributed by atoms with E-state index in [1.807, 2.05) is 0 Å². The zero-order valence-electron chi connectivity index (χ0n) is 9.61. The SMILES string of the molecule is Cc1ccc2nc(C3CC3)n(CCN)c2c1. The highest BCUT2D eigenvalue weighted by Gasteiger charge is 2.29. The number of hydrogen-bond donors (Lipinski definition) is 1. The van der Waals surface area contributed by atoms with Crippen molar-refractivity contribution >= 4 is 11.0 Å². The molecule has 1 aliphatic rings. The van der Waals surface area contributed by atoms with E-state index in [-0.39, 0.29) is 0 Å². The molecule has 1 fully saturated rings. The van der Waals surface area contributed by atoms with E-state index in [9.17, 15) is 0 Å². The fraction of sp³-hybridized carbons (Fsp3) is 0.462. The van der Waals surface area contributed by atoms with Crippen molar-refractivity contribution in [3.63, 3.8) is 0 Å². The predicted molar refractivity (Wildman–Crippen MR) is 65.5 cm³/mol. The van der Waals surface area contributed by atoms with Gasteiger partial charge in [-0.05, 0) is 37.5 Å². The van der Waals surface area contributed by atoms with Gasteiger partial charge in [-0.2, -0.15) is 0 Å². The van der Waals surface area contributed by atoms with E-state index in [4.69, 9.17) is 10.7 Å². The van der Waals surface area contributed by atoms with Gasteiger partial charge in [0.05, 0.1) is 11.0 Å². The largest absolute Gasteiger partial charge is 0.329 e. The van der Waals surface area contributed by atoms with E-state index >= 15 is 0 Å². The minimum Gasteiger partial charge on any atom is -0.329 e. The Morgan fingerprint density at radius 2 is 2.25 bits per heavy atom. The summed E-state index contributed by atoms with van der Waals surface area (Å²) in [4.78, 5) is 4.74. The number of fused-ring (bicyclic) bond motifs is 1. The Balaban J connectivity index is 2.20. The molecule has 3 nitrogen and oxygen atoms in total. The van der Waals surface area contributed by atoms with Crippen molar-refractivity contribution in [2.24, 2.45) is 5.73 Å². The van der Waals surface area contributed by atoms with Gasteiger partial charge in [-0.1, -0.05) is 6.07 Å². The van der Waals surface area contributed by atoms with Gasteiger partial charge in [-0.25, -0.2) is 4.98 Å². The predicted octanol–water partition coefficient (Wildman–Crippen LogP) is 2.18. The summed E-state index contributed by atoms with van der Waals surface area (Å²) < 4.78 is 2.31. The topological polar surface area (TPSA) is 43.8 Å². The molecular weight excluding hydrogens is 198 g/mol. The summed E-state index contributed by atoms with van der Waals surface area (Å²) in [5.41, 5.74) is 9.33. The summed E-state index contributed by atoms with van der Waals surface area (Å²) in [5, 5.41) is 0. The van der Waals surface area contributed by atoms with Gasteiger partial charge in [0.25, 0.3) is 0 Å². The van der Waals surface area contributed by atoms with Gasteiger partial charge in [-0.3, -0.25) is 0 Å². The summed E-state index contributed by atoms with van der Waals surface area (Å²) >= 11 is 0. The molecular formula is C13H17N3. The number of hydrogen-bond acceptors (Lipinski definition) is 2. The molecule has 1 heterocycles. The third-order valence-electron chi connectivity index (χ3n) is 3.23. The minimum absolute atomic E-state index is 0.680. The van der Waals surface area contributed by atoms with Crippen LogP contribution in [0.2, 0.25) is 0 Å². The maximum absolute atomic E-state index is 5.69. The van der Waals surface area contributed by atoms with E-state index in [1.54, 1.807) is 0 Å². The average molecular weight is 215 g/mol. The third kappa shape index (κ3) is 1.52. The zero-order valence-corrected chi connectivity index (χ0v) is 9.61. The minimum atomic E-state index is 0.680. The second kappa shape index (κ2) is 3.59. The lowest BCUT2D eigenvalue weighted by atomic mass is 10.2. The van der Waals surface area contributed by atoms with Crippen molar-refractivity contribution in [2.45, 2.75) is 32.2 Å². The van der Waals surface area contributed by atoms with Gasteiger partial charge in [0.1, 0.15) is 5.82 Å². The first-order chi connectivity index (χ1) is 7.79. The molecule has 2 N–H and O–H groups in total. The second-order valence-electron chi connectivity index (χ2n) is 4.68. The summed E-state index contributed by atoms with van der Waals surface area (Å²) in [7, 11) is 0. The fourth-order valence-electron chi connectivity index (χ4n) is 2.27. The van der Waals surface area contributed by atoms with Crippen LogP contribution in [0.5, 0.6) is 0 Å². The Kier molecular flexibility index (Phi) is 2.21. The smallest absolute Gasteiger partial charge is 0.113 e. The van der Waals surface area contributed by atoms with Crippen LogP contribution in [0, 0.1) is 6.92 Å². The fourth-order valence-corrected chi connectivity index (χ4v) is 2.27. The van der Waals surface area contributed by atoms with Crippen molar-refractivity contribution in [3.05, 3.63) is 29.6 Å². The Morgan fingerprint density at radius 3 is 2.94 bits per heavy atom. The Morgan fingerprint density at radius 1 is 1.44 bits per heavy atom. The van der Waals surface area contributed by atoms with Crippen LogP contribution >= 0.6 is 0 Å². The molecule has 0 aliphatic heterocycles. The number of nitrogens with zero attached hydrogens (tertiary/aromatic N) is 2. The van der Waals surface area contributed by atoms with E-state index in [1.165, 1.54) is 29.7 Å². The normalized spacial score (nSPS) is 15.9. The summed E-state index contributed by atoms with van der Waals surface area (Å²) in [6, 6.07) is 6.45. The maximum atomic E-state index is 5.69. The first-order valence-electron chi connectivity index (χ1n) is 5.96. The standard InChI is InChI=1S/C13H17N3/c1-9-2-5-11-12(8-9)16(7-6-14)13(15-11)10-3-4-10/h2,5,8,10H,3-4,6-7,14H2,1H3. The molecule has 3 heteroatoms. The molecule has 0 spiro atoms. The number of imidazole rings is 1. The Hall–Kier alpha value is -1.35.